The number of hydrogen-bond acceptors (Lipinski definition) is 7. The first kappa shape index (κ1) is 18.4. The molecule has 1 saturated heterocycles. The van der Waals surface area contributed by atoms with Gasteiger partial charge in [-0.25, -0.2) is 4.79 Å². The van der Waals surface area contributed by atoms with E-state index >= 15 is 0 Å². The van der Waals surface area contributed by atoms with Gasteiger partial charge >= 0.3 is 5.97 Å². The van der Waals surface area contributed by atoms with Crippen LogP contribution in [0.1, 0.15) is 34.5 Å². The lowest BCUT2D eigenvalue weighted by Gasteiger charge is -2.38. The third kappa shape index (κ3) is 3.73. The predicted molar refractivity (Wildman–Crippen MR) is 99.5 cm³/mol. The Bertz CT molecular complexity index is 830. The molecule has 0 bridgehead atoms. The molecule has 0 aliphatic carbocycles. The number of hydrogen-bond donors (Lipinski definition) is 1. The van der Waals surface area contributed by atoms with E-state index in [1.165, 1.54) is 7.11 Å². The van der Waals surface area contributed by atoms with Gasteiger partial charge < -0.3 is 20.1 Å². The second-order valence-electron chi connectivity index (χ2n) is 6.34. The number of anilines is 2. The fourth-order valence-corrected chi connectivity index (χ4v) is 3.32. The van der Waals surface area contributed by atoms with Gasteiger partial charge in [0.15, 0.2) is 11.0 Å². The zero-order valence-electron chi connectivity index (χ0n) is 14.9. The molecule has 1 fully saturated rings. The van der Waals surface area contributed by atoms with Crippen molar-refractivity contribution in [2.45, 2.75) is 26.1 Å². The first-order valence-electron chi connectivity index (χ1n) is 8.27. The second kappa shape index (κ2) is 7.47. The van der Waals surface area contributed by atoms with Crippen LogP contribution in [0.5, 0.6) is 0 Å². The number of nitrogen functional groups attached to an aromatic ring is 1. The maximum Gasteiger partial charge on any atom is 0.338 e. The summed E-state index contributed by atoms with van der Waals surface area (Å²) in [6.07, 6.45) is -0.184. The van der Waals surface area contributed by atoms with Crippen LogP contribution in [0.4, 0.5) is 11.5 Å². The average molecular weight is 377 g/mol. The van der Waals surface area contributed by atoms with Gasteiger partial charge in [0, 0.05) is 19.2 Å². The van der Waals surface area contributed by atoms with Crippen LogP contribution in [-0.4, -0.2) is 42.5 Å². The quantitative estimate of drug-likeness (QED) is 0.823. The van der Waals surface area contributed by atoms with Crippen molar-refractivity contribution in [1.29, 1.82) is 0 Å². The molecule has 2 heterocycles. The molecule has 26 heavy (non-hydrogen) atoms. The van der Waals surface area contributed by atoms with E-state index in [2.05, 4.69) is 15.1 Å². The highest BCUT2D eigenvalue weighted by Gasteiger charge is 2.28. The molecular weight excluding hydrogens is 356 g/mol. The molecule has 2 N–H and O–H groups in total. The summed E-state index contributed by atoms with van der Waals surface area (Å²) in [7, 11) is 1.37. The lowest BCUT2D eigenvalue weighted by atomic mass is 10.00. The second-order valence-corrected chi connectivity index (χ2v) is 6.73. The molecule has 1 aliphatic rings. The molecule has 138 valence electrons. The number of ether oxygens (including phenoxy) is 2. The third-order valence-electron chi connectivity index (χ3n) is 4.40. The van der Waals surface area contributed by atoms with Gasteiger partial charge in [0.1, 0.15) is 6.10 Å². The number of aryl methyl sites for hydroxylation is 1. The van der Waals surface area contributed by atoms with Gasteiger partial charge in [-0.1, -0.05) is 23.7 Å². The number of carbonyl (C=O) groups excluding carboxylic acids is 1. The molecule has 1 aliphatic heterocycles. The van der Waals surface area contributed by atoms with Gasteiger partial charge in [0.2, 0.25) is 0 Å². The van der Waals surface area contributed by atoms with Crippen LogP contribution in [0.3, 0.4) is 0 Å². The predicted octanol–water partition coefficient (Wildman–Crippen LogP) is 2.77. The van der Waals surface area contributed by atoms with Crippen LogP contribution in [0.25, 0.3) is 0 Å². The number of rotatable bonds is 3. The summed E-state index contributed by atoms with van der Waals surface area (Å²) >= 11 is 5.98. The van der Waals surface area contributed by atoms with Crippen LogP contribution >= 0.6 is 11.6 Å². The molecule has 7 nitrogen and oxygen atoms in total. The highest BCUT2D eigenvalue weighted by molar-refractivity contribution is 6.29. The Morgan fingerprint density at radius 2 is 2.12 bits per heavy atom. The maximum absolute atomic E-state index is 11.8. The first-order valence-corrected chi connectivity index (χ1v) is 8.64. The zero-order valence-corrected chi connectivity index (χ0v) is 15.7. The van der Waals surface area contributed by atoms with E-state index in [0.717, 1.165) is 16.8 Å². The Balaban J connectivity index is 1.88. The number of esters is 1. The molecule has 0 unspecified atom stereocenters. The number of morpholine rings is 1. The highest BCUT2D eigenvalue weighted by atomic mass is 35.5. The highest BCUT2D eigenvalue weighted by Crippen LogP contribution is 2.32. The topological polar surface area (TPSA) is 90.6 Å². The largest absolute Gasteiger partial charge is 0.465 e. The number of nitrogens with zero attached hydrogens (tertiary/aromatic N) is 3. The van der Waals surface area contributed by atoms with Crippen LogP contribution in [0.15, 0.2) is 24.3 Å². The summed E-state index contributed by atoms with van der Waals surface area (Å²) in [5, 5.41) is 7.95. The Labute approximate surface area is 157 Å². The fourth-order valence-electron chi connectivity index (χ4n) is 3.18. The molecule has 0 spiro atoms. The summed E-state index contributed by atoms with van der Waals surface area (Å²) in [5.74, 6) is -0.0154. The average Bonchev–Trinajstić information content (AvgIpc) is 2.62. The molecule has 1 aromatic heterocycles. The number of benzene rings is 1. The van der Waals surface area contributed by atoms with Crippen molar-refractivity contribution in [1.82, 2.24) is 10.2 Å². The Kier molecular flexibility index (Phi) is 5.29. The third-order valence-corrected chi connectivity index (χ3v) is 4.58. The molecule has 2 aromatic rings. The molecule has 0 radical (unpaired) electrons. The van der Waals surface area contributed by atoms with Crippen molar-refractivity contribution < 1.29 is 14.3 Å². The fraction of sp³-hybridized carbons (Fsp3) is 0.389. The first-order chi connectivity index (χ1) is 12.4. The van der Waals surface area contributed by atoms with Gasteiger partial charge in [0.25, 0.3) is 0 Å². The zero-order chi connectivity index (χ0) is 18.8. The minimum Gasteiger partial charge on any atom is -0.465 e. The lowest BCUT2D eigenvalue weighted by Crippen LogP contribution is -2.43. The molecule has 0 amide bonds. The summed E-state index contributed by atoms with van der Waals surface area (Å²) in [5.41, 5.74) is 9.10. The molecular formula is C18H21ClN4O3. The smallest absolute Gasteiger partial charge is 0.338 e. The van der Waals surface area contributed by atoms with Crippen molar-refractivity contribution in [3.05, 3.63) is 46.1 Å². The van der Waals surface area contributed by atoms with Gasteiger partial charge in [-0.05, 0) is 31.0 Å². The van der Waals surface area contributed by atoms with E-state index < -0.39 is 0 Å². The Morgan fingerprint density at radius 3 is 2.81 bits per heavy atom. The van der Waals surface area contributed by atoms with E-state index in [4.69, 9.17) is 26.8 Å². The van der Waals surface area contributed by atoms with Crippen molar-refractivity contribution in [3.63, 3.8) is 0 Å². The number of methoxy groups -OCH3 is 1. The van der Waals surface area contributed by atoms with Crippen molar-refractivity contribution in [2.75, 3.05) is 30.8 Å². The molecule has 8 heteroatoms. The van der Waals surface area contributed by atoms with Crippen LogP contribution in [-0.2, 0) is 9.47 Å². The van der Waals surface area contributed by atoms with E-state index in [-0.39, 0.29) is 18.2 Å². The minimum atomic E-state index is -0.348. The van der Waals surface area contributed by atoms with Crippen LogP contribution < -0.4 is 10.6 Å². The van der Waals surface area contributed by atoms with Crippen LogP contribution in [0.2, 0.25) is 5.15 Å². The normalized spacial score (nSPS) is 20.1. The van der Waals surface area contributed by atoms with Crippen molar-refractivity contribution >= 4 is 29.1 Å². The standard InChI is InChI=1S/C18H21ClN4O3/c1-10-6-12(4-5-13(10)18(24)25-3)15-9-23(8-11(2)26-15)14-7-16(19)21-22-17(14)20/h4-7,11,15H,8-9H2,1-3H3,(H2,20,22)/t11-,15-/m0/s1. The minimum absolute atomic E-state index is 0.0133. The molecule has 0 saturated carbocycles. The van der Waals surface area contributed by atoms with E-state index in [1.807, 2.05) is 26.0 Å². The SMILES string of the molecule is COC(=O)c1ccc([C@@H]2CN(c3cc(Cl)nnc3N)C[C@H](C)O2)cc1C. The number of aromatic nitrogens is 2. The number of carbonyl (C=O) groups is 1. The Morgan fingerprint density at radius 1 is 1.35 bits per heavy atom. The maximum atomic E-state index is 11.8. The monoisotopic (exact) mass is 376 g/mol. The summed E-state index contributed by atoms with van der Waals surface area (Å²) in [6.45, 7) is 5.14. The summed E-state index contributed by atoms with van der Waals surface area (Å²) < 4.78 is 10.9. The van der Waals surface area contributed by atoms with Gasteiger partial charge in [-0.3, -0.25) is 0 Å². The van der Waals surface area contributed by atoms with Crippen molar-refractivity contribution in [3.8, 4) is 0 Å². The number of nitrogens with two attached hydrogens (primary N) is 1. The molecule has 1 aromatic carbocycles. The van der Waals surface area contributed by atoms with E-state index in [9.17, 15) is 4.79 Å². The number of halogens is 1. The van der Waals surface area contributed by atoms with Crippen molar-refractivity contribution in [2.24, 2.45) is 0 Å². The van der Waals surface area contributed by atoms with E-state index in [0.29, 0.717) is 29.6 Å². The van der Waals surface area contributed by atoms with E-state index in [1.54, 1.807) is 12.1 Å². The van der Waals surface area contributed by atoms with Crippen LogP contribution in [0, 0.1) is 6.92 Å². The molecule has 3 rings (SSSR count). The lowest BCUT2D eigenvalue weighted by molar-refractivity contribution is -0.0174. The van der Waals surface area contributed by atoms with Gasteiger partial charge in [0.05, 0.1) is 24.5 Å². The van der Waals surface area contributed by atoms with Gasteiger partial charge in [-0.2, -0.15) is 0 Å². The van der Waals surface area contributed by atoms with Gasteiger partial charge in [-0.15, -0.1) is 10.2 Å². The molecule has 2 atom stereocenters. The summed E-state index contributed by atoms with van der Waals surface area (Å²) in [4.78, 5) is 13.9. The Hall–Kier alpha value is -2.38. The summed E-state index contributed by atoms with van der Waals surface area (Å²) in [6, 6.07) is 7.32.